The maximum atomic E-state index is 14.3. The number of nitrogens with one attached hydrogen (secondary N) is 2. The van der Waals surface area contributed by atoms with Crippen molar-refractivity contribution in [1.82, 2.24) is 10.2 Å². The van der Waals surface area contributed by atoms with Crippen LogP contribution in [0.4, 0.5) is 10.1 Å². The molecule has 0 radical (unpaired) electrons. The number of halogens is 2. The minimum absolute atomic E-state index is 0.324. The van der Waals surface area contributed by atoms with Crippen molar-refractivity contribution in [2.75, 3.05) is 5.32 Å². The van der Waals surface area contributed by atoms with E-state index in [9.17, 15) is 4.39 Å². The van der Waals surface area contributed by atoms with Crippen LogP contribution < -0.4 is 5.32 Å². The van der Waals surface area contributed by atoms with Gasteiger partial charge in [-0.2, -0.15) is 5.10 Å². The average Bonchev–Trinajstić information content (AvgIpc) is 2.97. The van der Waals surface area contributed by atoms with E-state index in [4.69, 9.17) is 11.6 Å². The molecule has 0 saturated carbocycles. The van der Waals surface area contributed by atoms with Gasteiger partial charge in [-0.3, -0.25) is 10.1 Å². The lowest BCUT2D eigenvalue weighted by atomic mass is 9.98. The van der Waals surface area contributed by atoms with Crippen molar-refractivity contribution in [2.45, 2.75) is 6.92 Å². The van der Waals surface area contributed by atoms with Gasteiger partial charge in [0.25, 0.3) is 0 Å². The zero-order valence-corrected chi connectivity index (χ0v) is 12.9. The maximum absolute atomic E-state index is 14.3. The zero-order chi connectivity index (χ0) is 16.0. The quantitative estimate of drug-likeness (QED) is 0.692. The smallest absolute Gasteiger partial charge is 0.132 e. The van der Waals surface area contributed by atoms with Gasteiger partial charge in [-0.15, -0.1) is 0 Å². The molecule has 0 amide bonds. The lowest BCUT2D eigenvalue weighted by molar-refractivity contribution is 0.625. The molecule has 23 heavy (non-hydrogen) atoms. The van der Waals surface area contributed by atoms with E-state index in [2.05, 4.69) is 20.5 Å². The number of fused-ring (bicyclic) bond motifs is 3. The number of allylic oxidation sites excluding steroid dienone is 1. The Bertz CT molecular complexity index is 987. The normalized spacial score (nSPS) is 13.9. The number of hydrogen-bond acceptors (Lipinski definition) is 3. The van der Waals surface area contributed by atoms with Crippen LogP contribution in [-0.4, -0.2) is 15.9 Å². The Morgan fingerprint density at radius 2 is 2.00 bits per heavy atom. The van der Waals surface area contributed by atoms with E-state index in [1.807, 2.05) is 6.92 Å². The van der Waals surface area contributed by atoms with E-state index in [-0.39, 0.29) is 5.82 Å². The van der Waals surface area contributed by atoms with Gasteiger partial charge in [-0.05, 0) is 25.1 Å². The van der Waals surface area contributed by atoms with E-state index in [0.717, 1.165) is 27.9 Å². The van der Waals surface area contributed by atoms with Crippen molar-refractivity contribution in [3.8, 4) is 0 Å². The van der Waals surface area contributed by atoms with Crippen LogP contribution in [0.25, 0.3) is 10.9 Å². The molecule has 0 spiro atoms. The molecule has 1 aliphatic rings. The summed E-state index contributed by atoms with van der Waals surface area (Å²) in [7, 11) is 0. The minimum Gasteiger partial charge on any atom is -0.359 e. The molecule has 4 nitrogen and oxygen atoms in total. The molecule has 0 saturated heterocycles. The number of anilines is 1. The van der Waals surface area contributed by atoms with Crippen LogP contribution in [0.15, 0.2) is 53.4 Å². The van der Waals surface area contributed by atoms with Crippen LogP contribution >= 0.6 is 11.6 Å². The largest absolute Gasteiger partial charge is 0.359 e. The monoisotopic (exact) mass is 326 g/mol. The van der Waals surface area contributed by atoms with Crippen LogP contribution in [0.5, 0.6) is 0 Å². The molecular formula is C17H12ClFN4. The summed E-state index contributed by atoms with van der Waals surface area (Å²) >= 11 is 6.35. The number of benzene rings is 2. The highest BCUT2D eigenvalue weighted by Gasteiger charge is 2.21. The Hall–Kier alpha value is -2.66. The van der Waals surface area contributed by atoms with E-state index >= 15 is 0 Å². The number of nitrogens with zero attached hydrogens (tertiary/aromatic N) is 2. The molecule has 0 bridgehead atoms. The highest BCUT2D eigenvalue weighted by atomic mass is 35.5. The zero-order valence-electron chi connectivity index (χ0n) is 12.2. The lowest BCUT2D eigenvalue weighted by Gasteiger charge is -2.13. The Balaban J connectivity index is 2.07. The van der Waals surface area contributed by atoms with Crippen LogP contribution in [0.3, 0.4) is 0 Å². The Morgan fingerprint density at radius 1 is 1.17 bits per heavy atom. The molecule has 0 atom stereocenters. The molecule has 1 aliphatic heterocycles. The van der Waals surface area contributed by atoms with E-state index in [1.165, 1.54) is 6.07 Å². The second-order valence-electron chi connectivity index (χ2n) is 5.31. The average molecular weight is 327 g/mol. The highest BCUT2D eigenvalue weighted by Crippen LogP contribution is 2.35. The number of rotatable bonds is 1. The number of hydrogen-bond donors (Lipinski definition) is 2. The van der Waals surface area contributed by atoms with Gasteiger partial charge < -0.3 is 5.32 Å². The van der Waals surface area contributed by atoms with Gasteiger partial charge in [0.2, 0.25) is 0 Å². The Kier molecular flexibility index (Phi) is 3.16. The van der Waals surface area contributed by atoms with Crippen molar-refractivity contribution in [1.29, 1.82) is 0 Å². The third-order valence-electron chi connectivity index (χ3n) is 3.79. The van der Waals surface area contributed by atoms with E-state index in [0.29, 0.717) is 16.3 Å². The van der Waals surface area contributed by atoms with Crippen LogP contribution in [0.1, 0.15) is 18.1 Å². The fourth-order valence-electron chi connectivity index (χ4n) is 2.72. The van der Waals surface area contributed by atoms with Crippen molar-refractivity contribution in [3.05, 3.63) is 70.4 Å². The minimum atomic E-state index is -0.324. The third-order valence-corrected chi connectivity index (χ3v) is 4.08. The molecule has 2 N–H and O–H groups in total. The molecule has 0 aliphatic carbocycles. The first-order chi connectivity index (χ1) is 11.1. The molecule has 0 unspecified atom stereocenters. The SMILES string of the molecule is CC1=CNc2c(cc(Cl)c3[nH]ncc23)C(c2ccccc2F)=N1. The number of H-pyrrole nitrogens is 1. The van der Waals surface area contributed by atoms with Gasteiger partial charge in [0, 0.05) is 22.7 Å². The molecule has 4 rings (SSSR count). The van der Waals surface area contributed by atoms with Gasteiger partial charge >= 0.3 is 0 Å². The molecule has 3 aromatic rings. The van der Waals surface area contributed by atoms with Crippen LogP contribution in [0, 0.1) is 5.82 Å². The summed E-state index contributed by atoms with van der Waals surface area (Å²) in [5, 5.41) is 11.5. The standard InChI is InChI=1S/C17H12ClFN4/c1-9-7-20-15-11(6-13(18)17-12(15)8-21-23-17)16(22-9)10-4-2-3-5-14(10)19/h2-8,20H,1H3,(H,21,23). The predicted octanol–water partition coefficient (Wildman–Crippen LogP) is 4.48. The van der Waals surface area contributed by atoms with E-state index in [1.54, 1.807) is 36.7 Å². The van der Waals surface area contributed by atoms with Gasteiger partial charge in [-0.1, -0.05) is 23.7 Å². The fraction of sp³-hybridized carbons (Fsp3) is 0.0588. The first-order valence-electron chi connectivity index (χ1n) is 7.08. The Morgan fingerprint density at radius 3 is 2.83 bits per heavy atom. The summed E-state index contributed by atoms with van der Waals surface area (Å²) < 4.78 is 14.3. The lowest BCUT2D eigenvalue weighted by Crippen LogP contribution is -2.08. The molecule has 0 fully saturated rings. The second kappa shape index (κ2) is 5.21. The molecule has 6 heteroatoms. The fourth-order valence-corrected chi connectivity index (χ4v) is 2.97. The first kappa shape index (κ1) is 14.0. The molecular weight excluding hydrogens is 315 g/mol. The highest BCUT2D eigenvalue weighted by molar-refractivity contribution is 6.37. The van der Waals surface area contributed by atoms with Crippen molar-refractivity contribution in [3.63, 3.8) is 0 Å². The van der Waals surface area contributed by atoms with Crippen molar-refractivity contribution < 1.29 is 4.39 Å². The van der Waals surface area contributed by atoms with Gasteiger partial charge in [0.05, 0.1) is 33.8 Å². The summed E-state index contributed by atoms with van der Waals surface area (Å²) in [6.07, 6.45) is 3.48. The predicted molar refractivity (Wildman–Crippen MR) is 90.5 cm³/mol. The summed E-state index contributed by atoms with van der Waals surface area (Å²) in [6, 6.07) is 8.36. The van der Waals surface area contributed by atoms with Crippen LogP contribution in [-0.2, 0) is 0 Å². The van der Waals surface area contributed by atoms with Gasteiger partial charge in [0.1, 0.15) is 5.82 Å². The Labute approximate surface area is 136 Å². The van der Waals surface area contributed by atoms with Gasteiger partial charge in [0.15, 0.2) is 0 Å². The summed E-state index contributed by atoms with van der Waals surface area (Å²) in [5.41, 5.74) is 4.00. The number of aromatic amines is 1. The molecule has 2 aromatic carbocycles. The maximum Gasteiger partial charge on any atom is 0.132 e. The van der Waals surface area contributed by atoms with Crippen molar-refractivity contribution in [2.24, 2.45) is 4.99 Å². The number of aromatic nitrogens is 2. The molecule has 1 aromatic heterocycles. The molecule has 2 heterocycles. The summed E-state index contributed by atoms with van der Waals surface area (Å²) in [6.45, 7) is 1.86. The molecule has 114 valence electrons. The van der Waals surface area contributed by atoms with E-state index < -0.39 is 0 Å². The van der Waals surface area contributed by atoms with Gasteiger partial charge in [-0.25, -0.2) is 4.39 Å². The van der Waals surface area contributed by atoms with Crippen LogP contribution in [0.2, 0.25) is 5.02 Å². The second-order valence-corrected chi connectivity index (χ2v) is 5.72. The first-order valence-corrected chi connectivity index (χ1v) is 7.46. The number of aliphatic imine (C=N–C) groups is 1. The third kappa shape index (κ3) is 2.21. The summed E-state index contributed by atoms with van der Waals surface area (Å²) in [5.74, 6) is -0.324. The van der Waals surface area contributed by atoms with Crippen molar-refractivity contribution >= 4 is 33.9 Å². The summed E-state index contributed by atoms with van der Waals surface area (Å²) in [4.78, 5) is 4.57. The topological polar surface area (TPSA) is 53.1 Å².